The average molecular weight is 477 g/mol. The quantitative estimate of drug-likeness (QED) is 0.131. The Hall–Kier alpha value is -1.22. The van der Waals surface area contributed by atoms with E-state index in [9.17, 15) is 35.7 Å². The summed E-state index contributed by atoms with van der Waals surface area (Å²) in [4.78, 5) is 0. The zero-order valence-corrected chi connectivity index (χ0v) is 18.6. The van der Waals surface area contributed by atoms with Gasteiger partial charge in [0, 0.05) is 0 Å². The molecule has 7 N–H and O–H groups in total. The normalized spacial score (nSPS) is 39.9. The summed E-state index contributed by atoms with van der Waals surface area (Å²) < 4.78 is 21.9. The summed E-state index contributed by atoms with van der Waals surface area (Å²) in [5.41, 5.74) is 1.77. The monoisotopic (exact) mass is 476 g/mol. The van der Waals surface area contributed by atoms with Crippen molar-refractivity contribution >= 4 is 0 Å². The number of aliphatic hydroxyl groups is 7. The molecule has 0 amide bonds. The molecule has 2 aliphatic rings. The fourth-order valence-corrected chi connectivity index (χ4v) is 3.57. The molecule has 2 rings (SSSR count). The molecule has 0 saturated carbocycles. The molecule has 0 aromatic heterocycles. The second kappa shape index (κ2) is 13.0. The number of aliphatic hydroxyl groups excluding tert-OH is 7. The molecule has 10 atom stereocenters. The lowest BCUT2D eigenvalue weighted by Gasteiger charge is -2.45. The van der Waals surface area contributed by atoms with Crippen LogP contribution in [0.4, 0.5) is 0 Å². The molecule has 0 bridgehead atoms. The van der Waals surface area contributed by atoms with Crippen molar-refractivity contribution in [3.63, 3.8) is 0 Å². The van der Waals surface area contributed by atoms with Crippen LogP contribution in [0.15, 0.2) is 36.5 Å². The summed E-state index contributed by atoms with van der Waals surface area (Å²) >= 11 is 0. The third-order valence-electron chi connectivity index (χ3n) is 5.68. The van der Waals surface area contributed by atoms with E-state index in [1.54, 1.807) is 6.08 Å². The van der Waals surface area contributed by atoms with Gasteiger partial charge in [-0.15, -0.1) is 0 Å². The van der Waals surface area contributed by atoms with Crippen molar-refractivity contribution in [2.24, 2.45) is 0 Å². The summed E-state index contributed by atoms with van der Waals surface area (Å²) in [7, 11) is 0. The van der Waals surface area contributed by atoms with Gasteiger partial charge in [0.2, 0.25) is 0 Å². The van der Waals surface area contributed by atoms with Gasteiger partial charge >= 0.3 is 0 Å². The zero-order chi connectivity index (χ0) is 24.7. The molecule has 2 heterocycles. The van der Waals surface area contributed by atoms with Gasteiger partial charge in [-0.25, -0.2) is 0 Å². The summed E-state index contributed by atoms with van der Waals surface area (Å²) in [6, 6.07) is 0. The molecule has 2 aliphatic heterocycles. The smallest absolute Gasteiger partial charge is 0.187 e. The summed E-state index contributed by atoms with van der Waals surface area (Å²) in [5, 5.41) is 70.0. The predicted octanol–water partition coefficient (Wildman–Crippen LogP) is -1.90. The highest BCUT2D eigenvalue weighted by molar-refractivity contribution is 5.12. The van der Waals surface area contributed by atoms with Gasteiger partial charge < -0.3 is 54.7 Å². The second-order valence-corrected chi connectivity index (χ2v) is 8.27. The highest BCUT2D eigenvalue weighted by atomic mass is 16.7. The maximum absolute atomic E-state index is 10.6. The minimum Gasteiger partial charge on any atom is -0.394 e. The van der Waals surface area contributed by atoms with E-state index in [4.69, 9.17) is 18.9 Å². The predicted molar refractivity (Wildman–Crippen MR) is 115 cm³/mol. The fraction of sp³-hybridized carbons (Fsp3) is 0.727. The average Bonchev–Trinajstić information content (AvgIpc) is 2.81. The molecule has 0 spiro atoms. The Balaban J connectivity index is 1.98. The van der Waals surface area contributed by atoms with Crippen LogP contribution in [0, 0.1) is 0 Å². The molecule has 2 saturated heterocycles. The van der Waals surface area contributed by atoms with Gasteiger partial charge in [-0.2, -0.15) is 0 Å². The Morgan fingerprint density at radius 2 is 1.48 bits per heavy atom. The number of hydrogen-bond acceptors (Lipinski definition) is 11. The van der Waals surface area contributed by atoms with E-state index >= 15 is 0 Å². The van der Waals surface area contributed by atoms with Crippen molar-refractivity contribution in [2.45, 2.75) is 81.2 Å². The standard InChI is InChI=1S/C22H36O11/c1-4-11(2)6-5-7-12(3)10-30-21-19(29)17(27)20(14(9-24)32-21)33-22-18(28)16(26)15(25)13(8-23)31-22/h4,7,13-29H,1-2,5-6,8-10H2,3H3/t13-,14-,15-,16+,17-,18-,19-,20-,21?,22?/m1/s1. The van der Waals surface area contributed by atoms with E-state index in [2.05, 4.69) is 13.2 Å². The largest absolute Gasteiger partial charge is 0.394 e. The molecule has 11 nitrogen and oxygen atoms in total. The van der Waals surface area contributed by atoms with Gasteiger partial charge in [0.25, 0.3) is 0 Å². The van der Waals surface area contributed by atoms with E-state index in [1.807, 2.05) is 13.0 Å². The summed E-state index contributed by atoms with van der Waals surface area (Å²) in [6.07, 6.45) is -9.64. The molecule has 0 aliphatic carbocycles. The van der Waals surface area contributed by atoms with Crippen LogP contribution >= 0.6 is 0 Å². The topological polar surface area (TPSA) is 179 Å². The van der Waals surface area contributed by atoms with Gasteiger partial charge in [0.05, 0.1) is 19.8 Å². The van der Waals surface area contributed by atoms with Crippen LogP contribution in [-0.4, -0.2) is 117 Å². The number of rotatable bonds is 11. The second-order valence-electron chi connectivity index (χ2n) is 8.27. The Bertz CT molecular complexity index is 665. The third-order valence-corrected chi connectivity index (χ3v) is 5.68. The third kappa shape index (κ3) is 7.13. The Labute approximate surface area is 192 Å². The van der Waals surface area contributed by atoms with Crippen LogP contribution in [0.3, 0.4) is 0 Å². The molecular weight excluding hydrogens is 440 g/mol. The molecule has 0 radical (unpaired) electrons. The van der Waals surface area contributed by atoms with Gasteiger partial charge in [0.15, 0.2) is 12.6 Å². The molecule has 11 heteroatoms. The minimum atomic E-state index is -1.72. The Morgan fingerprint density at radius 3 is 2.09 bits per heavy atom. The van der Waals surface area contributed by atoms with E-state index in [-0.39, 0.29) is 6.61 Å². The highest BCUT2D eigenvalue weighted by Crippen LogP contribution is 2.29. The van der Waals surface area contributed by atoms with Crippen LogP contribution < -0.4 is 0 Å². The molecule has 0 aromatic carbocycles. The van der Waals surface area contributed by atoms with Crippen LogP contribution in [0.5, 0.6) is 0 Å². The molecule has 2 fully saturated rings. The number of hydrogen-bond donors (Lipinski definition) is 7. The van der Waals surface area contributed by atoms with Crippen molar-refractivity contribution in [3.8, 4) is 0 Å². The first-order chi connectivity index (χ1) is 15.6. The SMILES string of the molecule is C=CC(=C)CCC=C(C)COC1O[C@H](CO)[C@@H](OC2O[C@H](CO)[C@@H](O)[C@H](O)[C@H]2O)[C@H](O)[C@H]1O. The van der Waals surface area contributed by atoms with Crippen molar-refractivity contribution in [3.05, 3.63) is 36.5 Å². The van der Waals surface area contributed by atoms with E-state index in [1.165, 1.54) is 0 Å². The van der Waals surface area contributed by atoms with Crippen molar-refractivity contribution in [1.82, 2.24) is 0 Å². The van der Waals surface area contributed by atoms with E-state index in [0.717, 1.165) is 24.0 Å². The molecule has 2 unspecified atom stereocenters. The van der Waals surface area contributed by atoms with Gasteiger partial charge in [-0.05, 0) is 19.8 Å². The maximum Gasteiger partial charge on any atom is 0.187 e. The lowest BCUT2D eigenvalue weighted by molar-refractivity contribution is -0.358. The lowest BCUT2D eigenvalue weighted by Crippen LogP contribution is -2.64. The van der Waals surface area contributed by atoms with Gasteiger partial charge in [-0.3, -0.25) is 0 Å². The highest BCUT2D eigenvalue weighted by Gasteiger charge is 2.50. The summed E-state index contributed by atoms with van der Waals surface area (Å²) in [5.74, 6) is 0. The van der Waals surface area contributed by atoms with Crippen LogP contribution in [-0.2, 0) is 18.9 Å². The fourth-order valence-electron chi connectivity index (χ4n) is 3.57. The zero-order valence-electron chi connectivity index (χ0n) is 18.6. The van der Waals surface area contributed by atoms with Gasteiger partial charge in [-0.1, -0.05) is 36.5 Å². The first-order valence-electron chi connectivity index (χ1n) is 10.8. The van der Waals surface area contributed by atoms with Crippen molar-refractivity contribution in [2.75, 3.05) is 19.8 Å². The summed E-state index contributed by atoms with van der Waals surface area (Å²) in [6.45, 7) is 8.14. The van der Waals surface area contributed by atoms with Crippen LogP contribution in [0.25, 0.3) is 0 Å². The molecule has 190 valence electrons. The molecular formula is C22H36O11. The van der Waals surface area contributed by atoms with E-state index < -0.39 is 74.6 Å². The van der Waals surface area contributed by atoms with Gasteiger partial charge in [0.1, 0.15) is 48.8 Å². The number of allylic oxidation sites excluding steroid dienone is 3. The van der Waals surface area contributed by atoms with Crippen molar-refractivity contribution < 1.29 is 54.7 Å². The first-order valence-corrected chi connectivity index (χ1v) is 10.8. The Kier molecular flexibility index (Phi) is 11.1. The van der Waals surface area contributed by atoms with Crippen molar-refractivity contribution in [1.29, 1.82) is 0 Å². The molecule has 33 heavy (non-hydrogen) atoms. The molecule has 0 aromatic rings. The maximum atomic E-state index is 10.6. The lowest BCUT2D eigenvalue weighted by atomic mass is 9.97. The minimum absolute atomic E-state index is 0.103. The van der Waals surface area contributed by atoms with Crippen LogP contribution in [0.2, 0.25) is 0 Å². The Morgan fingerprint density at radius 1 is 0.879 bits per heavy atom. The van der Waals surface area contributed by atoms with Crippen LogP contribution in [0.1, 0.15) is 19.8 Å². The first kappa shape index (κ1) is 28.0. The van der Waals surface area contributed by atoms with E-state index in [0.29, 0.717) is 0 Å². The number of ether oxygens (including phenoxy) is 4.